The predicted molar refractivity (Wildman–Crippen MR) is 57.2 cm³/mol. The minimum atomic E-state index is -1.14. The maximum absolute atomic E-state index is 13.4. The van der Waals surface area contributed by atoms with E-state index in [0.717, 1.165) is 12.1 Å². The summed E-state index contributed by atoms with van der Waals surface area (Å²) in [7, 11) is 1.37. The van der Waals surface area contributed by atoms with Crippen LogP contribution in [0.2, 0.25) is 0 Å². The van der Waals surface area contributed by atoms with Crippen LogP contribution in [0.4, 0.5) is 14.5 Å². The first-order valence-electron chi connectivity index (χ1n) is 4.69. The Morgan fingerprint density at radius 1 is 1.35 bits per heavy atom. The van der Waals surface area contributed by atoms with Crippen molar-refractivity contribution in [3.05, 3.63) is 29.3 Å². The molecule has 17 heavy (non-hydrogen) atoms. The summed E-state index contributed by atoms with van der Waals surface area (Å²) < 4.78 is 26.6. The molecule has 92 valence electrons. The third-order valence-electron chi connectivity index (χ3n) is 2.04. The lowest BCUT2D eigenvalue weighted by atomic mass is 10.1. The van der Waals surface area contributed by atoms with E-state index in [9.17, 15) is 18.4 Å². The van der Waals surface area contributed by atoms with Crippen LogP contribution >= 0.6 is 0 Å². The van der Waals surface area contributed by atoms with Crippen LogP contribution < -0.4 is 16.4 Å². The molecule has 0 aromatic heterocycles. The molecule has 0 radical (unpaired) electrons. The molecule has 0 atom stereocenters. The first-order chi connectivity index (χ1) is 7.97. The number of nitrogens with two attached hydrogens (primary N) is 1. The van der Waals surface area contributed by atoms with Gasteiger partial charge >= 0.3 is 0 Å². The van der Waals surface area contributed by atoms with Gasteiger partial charge in [-0.1, -0.05) is 0 Å². The van der Waals surface area contributed by atoms with Gasteiger partial charge in [-0.3, -0.25) is 9.59 Å². The quantitative estimate of drug-likeness (QED) is 0.654. The number of halogens is 2. The van der Waals surface area contributed by atoms with Crippen molar-refractivity contribution in [3.8, 4) is 0 Å². The first-order valence-corrected chi connectivity index (χ1v) is 4.69. The fourth-order valence-corrected chi connectivity index (χ4v) is 1.11. The zero-order chi connectivity index (χ0) is 13.0. The van der Waals surface area contributed by atoms with Gasteiger partial charge < -0.3 is 16.4 Å². The van der Waals surface area contributed by atoms with E-state index in [2.05, 4.69) is 10.6 Å². The summed E-state index contributed by atoms with van der Waals surface area (Å²) in [6.45, 7) is -0.372. The van der Waals surface area contributed by atoms with Gasteiger partial charge in [0.15, 0.2) is 5.82 Å². The van der Waals surface area contributed by atoms with E-state index in [4.69, 9.17) is 5.73 Å². The zero-order valence-corrected chi connectivity index (χ0v) is 9.01. The van der Waals surface area contributed by atoms with E-state index in [0.29, 0.717) is 0 Å². The molecule has 0 aliphatic rings. The van der Waals surface area contributed by atoms with E-state index in [1.165, 1.54) is 7.05 Å². The molecule has 0 bridgehead atoms. The fraction of sp³-hybridized carbons (Fsp3) is 0.200. The normalized spacial score (nSPS) is 9.82. The van der Waals surface area contributed by atoms with Gasteiger partial charge in [-0.2, -0.15) is 0 Å². The van der Waals surface area contributed by atoms with Gasteiger partial charge in [-0.15, -0.1) is 0 Å². The minimum absolute atomic E-state index is 0.337. The van der Waals surface area contributed by atoms with Crippen molar-refractivity contribution in [1.29, 1.82) is 0 Å². The molecule has 0 fully saturated rings. The smallest absolute Gasteiger partial charge is 0.257 e. The van der Waals surface area contributed by atoms with Crippen LogP contribution in [0.25, 0.3) is 0 Å². The lowest BCUT2D eigenvalue weighted by Gasteiger charge is -2.07. The molecule has 1 aromatic carbocycles. The Morgan fingerprint density at radius 3 is 2.59 bits per heavy atom. The summed E-state index contributed by atoms with van der Waals surface area (Å²) in [5, 5.41) is 4.32. The highest BCUT2D eigenvalue weighted by atomic mass is 19.1. The molecule has 0 saturated heterocycles. The van der Waals surface area contributed by atoms with Crippen LogP contribution in [0.5, 0.6) is 0 Å². The van der Waals surface area contributed by atoms with Crippen LogP contribution in [-0.4, -0.2) is 25.4 Å². The number of benzene rings is 1. The second kappa shape index (κ2) is 5.24. The lowest BCUT2D eigenvalue weighted by molar-refractivity contribution is -0.119. The van der Waals surface area contributed by atoms with Crippen LogP contribution in [0.1, 0.15) is 10.4 Å². The number of amides is 2. The highest BCUT2D eigenvalue weighted by Gasteiger charge is 2.19. The van der Waals surface area contributed by atoms with Gasteiger partial charge in [-0.25, -0.2) is 8.78 Å². The Balaban J connectivity index is 2.89. The Morgan fingerprint density at radius 2 is 2.00 bits per heavy atom. The second-order valence-electron chi connectivity index (χ2n) is 3.18. The molecule has 0 heterocycles. The highest BCUT2D eigenvalue weighted by Crippen LogP contribution is 2.18. The maximum Gasteiger partial charge on any atom is 0.257 e. The molecule has 0 spiro atoms. The van der Waals surface area contributed by atoms with Crippen LogP contribution in [0, 0.1) is 11.6 Å². The van der Waals surface area contributed by atoms with Crippen molar-refractivity contribution in [2.75, 3.05) is 19.3 Å². The molecule has 7 heteroatoms. The van der Waals surface area contributed by atoms with Gasteiger partial charge in [0.2, 0.25) is 5.91 Å². The number of nitrogens with one attached hydrogen (secondary N) is 2. The van der Waals surface area contributed by atoms with Crippen molar-refractivity contribution < 1.29 is 18.4 Å². The molecule has 5 nitrogen and oxygen atoms in total. The molecule has 0 saturated carbocycles. The molecule has 0 unspecified atom stereocenters. The second-order valence-corrected chi connectivity index (χ2v) is 3.18. The largest absolute Gasteiger partial charge is 0.396 e. The van der Waals surface area contributed by atoms with Crippen molar-refractivity contribution in [3.63, 3.8) is 0 Å². The van der Waals surface area contributed by atoms with E-state index >= 15 is 0 Å². The molecular weight excluding hydrogens is 232 g/mol. The summed E-state index contributed by atoms with van der Waals surface area (Å²) in [5.74, 6) is -3.69. The Bertz CT molecular complexity index is 463. The van der Waals surface area contributed by atoms with E-state index in [-0.39, 0.29) is 12.2 Å². The summed E-state index contributed by atoms with van der Waals surface area (Å²) >= 11 is 0. The number of hydrogen-bond acceptors (Lipinski definition) is 3. The lowest BCUT2D eigenvalue weighted by Crippen LogP contribution is -2.36. The van der Waals surface area contributed by atoms with Crippen LogP contribution in [0.15, 0.2) is 12.1 Å². The predicted octanol–water partition coefficient (Wildman–Crippen LogP) is 0.0228. The number of hydrogen-bond donors (Lipinski definition) is 3. The molecule has 1 aromatic rings. The molecule has 4 N–H and O–H groups in total. The standard InChI is InChI=1S/C10H11F2N3O2/c1-14-7(16)4-15-10(17)8-5(11)2-3-6(13)9(8)12/h2-3H,4,13H2,1H3,(H,14,16)(H,15,17). The van der Waals surface area contributed by atoms with Crippen LogP contribution in [-0.2, 0) is 4.79 Å². The topological polar surface area (TPSA) is 84.2 Å². The fourth-order valence-electron chi connectivity index (χ4n) is 1.11. The average molecular weight is 243 g/mol. The number of carbonyl (C=O) groups is 2. The summed E-state index contributed by atoms with van der Waals surface area (Å²) in [5.41, 5.74) is 4.07. The number of anilines is 1. The number of carbonyl (C=O) groups excluding carboxylic acids is 2. The van der Waals surface area contributed by atoms with Gasteiger partial charge in [0, 0.05) is 7.05 Å². The Kier molecular flexibility index (Phi) is 3.97. The Labute approximate surface area is 96.0 Å². The van der Waals surface area contributed by atoms with Crippen molar-refractivity contribution >= 4 is 17.5 Å². The van der Waals surface area contributed by atoms with Gasteiger partial charge in [0.1, 0.15) is 11.4 Å². The van der Waals surface area contributed by atoms with Crippen molar-refractivity contribution in [1.82, 2.24) is 10.6 Å². The van der Waals surface area contributed by atoms with Crippen molar-refractivity contribution in [2.45, 2.75) is 0 Å². The third-order valence-corrected chi connectivity index (χ3v) is 2.04. The molecule has 2 amide bonds. The summed E-state index contributed by atoms with van der Waals surface area (Å²) in [6, 6.07) is 1.90. The maximum atomic E-state index is 13.4. The van der Waals surface area contributed by atoms with E-state index in [1.807, 2.05) is 0 Å². The van der Waals surface area contributed by atoms with Gasteiger partial charge in [0.05, 0.1) is 12.2 Å². The summed E-state index contributed by atoms with van der Waals surface area (Å²) in [4.78, 5) is 22.3. The zero-order valence-electron chi connectivity index (χ0n) is 9.01. The third kappa shape index (κ3) is 2.90. The average Bonchev–Trinajstić information content (AvgIpc) is 2.31. The van der Waals surface area contributed by atoms with Crippen LogP contribution in [0.3, 0.4) is 0 Å². The number of rotatable bonds is 3. The highest BCUT2D eigenvalue weighted by molar-refractivity contribution is 5.97. The molecule has 1 rings (SSSR count). The SMILES string of the molecule is CNC(=O)CNC(=O)c1c(F)ccc(N)c1F. The van der Waals surface area contributed by atoms with Gasteiger partial charge in [-0.05, 0) is 12.1 Å². The minimum Gasteiger partial charge on any atom is -0.396 e. The molecular formula is C10H11F2N3O2. The number of likely N-dealkylation sites (N-methyl/N-ethyl adjacent to an activating group) is 1. The molecule has 0 aliphatic heterocycles. The Hall–Kier alpha value is -2.18. The first kappa shape index (κ1) is 12.9. The number of nitrogen functional groups attached to an aromatic ring is 1. The van der Waals surface area contributed by atoms with Gasteiger partial charge in [0.25, 0.3) is 5.91 Å². The van der Waals surface area contributed by atoms with Crippen molar-refractivity contribution in [2.24, 2.45) is 0 Å². The van der Waals surface area contributed by atoms with E-state index in [1.54, 1.807) is 0 Å². The molecule has 0 aliphatic carbocycles. The summed E-state index contributed by atoms with van der Waals surface area (Å²) in [6.07, 6.45) is 0. The van der Waals surface area contributed by atoms with E-state index < -0.39 is 29.0 Å². The monoisotopic (exact) mass is 243 g/mol.